The number of anilines is 1. The number of hydrogen-bond donors (Lipinski definition) is 1. The van der Waals surface area contributed by atoms with Gasteiger partial charge in [0.2, 0.25) is 11.8 Å². The summed E-state index contributed by atoms with van der Waals surface area (Å²) < 4.78 is 29.2. The van der Waals surface area contributed by atoms with Crippen LogP contribution < -0.4 is 9.62 Å². The van der Waals surface area contributed by atoms with Crippen LogP contribution in [0.3, 0.4) is 0 Å². The van der Waals surface area contributed by atoms with Gasteiger partial charge in [-0.3, -0.25) is 13.9 Å². The molecule has 0 unspecified atom stereocenters. The summed E-state index contributed by atoms with van der Waals surface area (Å²) in [6.45, 7) is 5.30. The van der Waals surface area contributed by atoms with E-state index in [0.717, 1.165) is 42.4 Å². The SMILES string of the molecule is CC[C@@H](C(=O)NC1CCCC1)N(Cc1ccc(Cl)cc1)C(=O)CN(c1cccc(C)c1C)S(=O)(=O)c1ccccc1. The minimum atomic E-state index is -4.10. The van der Waals surface area contributed by atoms with Gasteiger partial charge >= 0.3 is 0 Å². The van der Waals surface area contributed by atoms with E-state index >= 15 is 0 Å². The summed E-state index contributed by atoms with van der Waals surface area (Å²) in [4.78, 5) is 29.4. The number of hydrogen-bond acceptors (Lipinski definition) is 4. The third-order valence-corrected chi connectivity index (χ3v) is 9.83. The molecule has 2 amide bonds. The number of sulfonamides is 1. The Bertz CT molecular complexity index is 1460. The lowest BCUT2D eigenvalue weighted by Gasteiger charge is -2.34. The maximum atomic E-state index is 14.2. The summed E-state index contributed by atoms with van der Waals surface area (Å²) in [5.41, 5.74) is 2.88. The smallest absolute Gasteiger partial charge is 0.264 e. The Kier molecular flexibility index (Phi) is 10.1. The first-order valence-corrected chi connectivity index (χ1v) is 15.9. The summed E-state index contributed by atoms with van der Waals surface area (Å²) >= 11 is 6.10. The Morgan fingerprint density at radius 2 is 1.61 bits per heavy atom. The van der Waals surface area contributed by atoms with Crippen molar-refractivity contribution in [1.29, 1.82) is 0 Å². The quantitative estimate of drug-likeness (QED) is 0.294. The van der Waals surface area contributed by atoms with Gasteiger partial charge in [-0.15, -0.1) is 0 Å². The third-order valence-electron chi connectivity index (χ3n) is 7.81. The molecular weight excluding hydrogens is 558 g/mol. The fourth-order valence-electron chi connectivity index (χ4n) is 5.31. The molecule has 1 fully saturated rings. The number of nitrogens with zero attached hydrogens (tertiary/aromatic N) is 2. The Morgan fingerprint density at radius 3 is 2.24 bits per heavy atom. The summed E-state index contributed by atoms with van der Waals surface area (Å²) in [6, 6.07) is 19.9. The summed E-state index contributed by atoms with van der Waals surface area (Å²) in [6.07, 6.45) is 4.35. The number of amides is 2. The normalized spacial score (nSPS) is 14.4. The van der Waals surface area contributed by atoms with Gasteiger partial charge in [0.15, 0.2) is 0 Å². The minimum Gasteiger partial charge on any atom is -0.352 e. The molecule has 0 aromatic heterocycles. The number of benzene rings is 3. The predicted octanol–water partition coefficient (Wildman–Crippen LogP) is 6.02. The maximum absolute atomic E-state index is 14.2. The monoisotopic (exact) mass is 595 g/mol. The molecule has 0 heterocycles. The van der Waals surface area contributed by atoms with Crippen LogP contribution in [0.5, 0.6) is 0 Å². The van der Waals surface area contributed by atoms with Crippen LogP contribution in [0.15, 0.2) is 77.7 Å². The van der Waals surface area contributed by atoms with Gasteiger partial charge in [0.25, 0.3) is 10.0 Å². The van der Waals surface area contributed by atoms with Crippen molar-refractivity contribution in [2.45, 2.75) is 76.4 Å². The zero-order chi connectivity index (χ0) is 29.6. The van der Waals surface area contributed by atoms with E-state index in [-0.39, 0.29) is 23.4 Å². The van der Waals surface area contributed by atoms with E-state index in [1.807, 2.05) is 39.0 Å². The summed E-state index contributed by atoms with van der Waals surface area (Å²) in [7, 11) is -4.10. The average molecular weight is 596 g/mol. The fraction of sp³-hybridized carbons (Fsp3) is 0.375. The molecule has 7 nitrogen and oxygen atoms in total. The molecule has 4 rings (SSSR count). The largest absolute Gasteiger partial charge is 0.352 e. The van der Waals surface area contributed by atoms with E-state index in [9.17, 15) is 18.0 Å². The van der Waals surface area contributed by atoms with Crippen molar-refractivity contribution >= 4 is 39.1 Å². The number of halogens is 1. The zero-order valence-corrected chi connectivity index (χ0v) is 25.4. The molecule has 1 aliphatic rings. The minimum absolute atomic E-state index is 0.0870. The van der Waals surface area contributed by atoms with E-state index in [4.69, 9.17) is 11.6 Å². The summed E-state index contributed by atoms with van der Waals surface area (Å²) in [5, 5.41) is 3.69. The fourth-order valence-corrected chi connectivity index (χ4v) is 6.93. The average Bonchev–Trinajstić information content (AvgIpc) is 3.47. The van der Waals surface area contributed by atoms with Gasteiger partial charge in [0.1, 0.15) is 12.6 Å². The molecular formula is C32H38ClN3O4S. The molecule has 218 valence electrons. The van der Waals surface area contributed by atoms with Gasteiger partial charge in [0.05, 0.1) is 10.6 Å². The third kappa shape index (κ3) is 7.29. The number of aryl methyl sites for hydroxylation is 1. The first-order chi connectivity index (χ1) is 19.6. The highest BCUT2D eigenvalue weighted by molar-refractivity contribution is 7.92. The Labute approximate surface area is 248 Å². The highest BCUT2D eigenvalue weighted by atomic mass is 35.5. The van der Waals surface area contributed by atoms with Crippen molar-refractivity contribution in [3.63, 3.8) is 0 Å². The number of carbonyl (C=O) groups is 2. The molecule has 0 radical (unpaired) electrons. The summed E-state index contributed by atoms with van der Waals surface area (Å²) in [5.74, 6) is -0.681. The van der Waals surface area contributed by atoms with E-state index in [1.54, 1.807) is 42.5 Å². The van der Waals surface area contributed by atoms with Crippen molar-refractivity contribution in [3.05, 3.63) is 94.5 Å². The Balaban J connectivity index is 1.73. The topological polar surface area (TPSA) is 86.8 Å². The van der Waals surface area contributed by atoms with Gasteiger partial charge in [-0.1, -0.05) is 73.8 Å². The highest BCUT2D eigenvalue weighted by Gasteiger charge is 2.35. The number of carbonyl (C=O) groups excluding carboxylic acids is 2. The van der Waals surface area contributed by atoms with Gasteiger partial charge < -0.3 is 10.2 Å². The van der Waals surface area contributed by atoms with Crippen LogP contribution in [0.1, 0.15) is 55.7 Å². The lowest BCUT2D eigenvalue weighted by molar-refractivity contribution is -0.140. The van der Waals surface area contributed by atoms with Crippen molar-refractivity contribution in [2.24, 2.45) is 0 Å². The Morgan fingerprint density at radius 1 is 0.951 bits per heavy atom. The van der Waals surface area contributed by atoms with Gasteiger partial charge in [-0.2, -0.15) is 0 Å². The molecule has 3 aromatic rings. The molecule has 1 atom stereocenters. The van der Waals surface area contributed by atoms with Gasteiger partial charge in [-0.25, -0.2) is 8.42 Å². The lowest BCUT2D eigenvalue weighted by atomic mass is 10.1. The molecule has 0 aliphatic heterocycles. The highest BCUT2D eigenvalue weighted by Crippen LogP contribution is 2.29. The molecule has 1 aliphatic carbocycles. The van der Waals surface area contributed by atoms with E-state index < -0.39 is 28.5 Å². The molecule has 0 saturated heterocycles. The van der Waals surface area contributed by atoms with E-state index in [1.165, 1.54) is 21.3 Å². The van der Waals surface area contributed by atoms with Crippen molar-refractivity contribution in [1.82, 2.24) is 10.2 Å². The van der Waals surface area contributed by atoms with Gasteiger partial charge in [-0.05, 0) is 80.1 Å². The van der Waals surface area contributed by atoms with Crippen LogP contribution in [0.25, 0.3) is 0 Å². The first kappa shape index (κ1) is 30.6. The number of nitrogens with one attached hydrogen (secondary N) is 1. The van der Waals surface area contributed by atoms with Crippen LogP contribution in [0, 0.1) is 13.8 Å². The second kappa shape index (κ2) is 13.5. The molecule has 9 heteroatoms. The van der Waals surface area contributed by atoms with Crippen molar-refractivity contribution in [2.75, 3.05) is 10.8 Å². The van der Waals surface area contributed by atoms with E-state index in [2.05, 4.69) is 5.32 Å². The molecule has 41 heavy (non-hydrogen) atoms. The molecule has 0 spiro atoms. The lowest BCUT2D eigenvalue weighted by Crippen LogP contribution is -2.53. The van der Waals surface area contributed by atoms with Crippen molar-refractivity contribution in [3.8, 4) is 0 Å². The zero-order valence-electron chi connectivity index (χ0n) is 23.8. The van der Waals surface area contributed by atoms with Crippen molar-refractivity contribution < 1.29 is 18.0 Å². The van der Waals surface area contributed by atoms with Crippen LogP contribution in [-0.2, 0) is 26.2 Å². The standard InChI is InChI=1S/C32H38ClN3O4S/c1-4-29(32(38)34-27-12-8-9-13-27)35(21-25-17-19-26(33)20-18-25)31(37)22-36(30-16-10-11-23(2)24(30)3)41(39,40)28-14-6-5-7-15-28/h5-7,10-11,14-20,27,29H,4,8-9,12-13,21-22H2,1-3H3,(H,34,38)/t29-/m0/s1. The van der Waals surface area contributed by atoms with Crippen LogP contribution in [0.4, 0.5) is 5.69 Å². The van der Waals surface area contributed by atoms with Gasteiger partial charge in [0, 0.05) is 17.6 Å². The molecule has 1 saturated carbocycles. The second-order valence-electron chi connectivity index (χ2n) is 10.6. The molecule has 3 aromatic carbocycles. The number of rotatable bonds is 11. The second-order valence-corrected chi connectivity index (χ2v) is 12.9. The predicted molar refractivity (Wildman–Crippen MR) is 163 cm³/mol. The molecule has 0 bridgehead atoms. The molecule has 1 N–H and O–H groups in total. The first-order valence-electron chi connectivity index (χ1n) is 14.1. The van der Waals surface area contributed by atoms with Crippen LogP contribution in [-0.4, -0.2) is 43.8 Å². The van der Waals surface area contributed by atoms with E-state index in [0.29, 0.717) is 17.1 Å². The van der Waals surface area contributed by atoms with Crippen LogP contribution in [0.2, 0.25) is 5.02 Å². The Hall–Kier alpha value is -3.36. The maximum Gasteiger partial charge on any atom is 0.264 e. The van der Waals surface area contributed by atoms with Crippen LogP contribution >= 0.6 is 11.6 Å².